The zero-order valence-corrected chi connectivity index (χ0v) is 13.6. The van der Waals surface area contributed by atoms with E-state index >= 15 is 0 Å². The largest absolute Gasteiger partial charge is 0.399 e. The summed E-state index contributed by atoms with van der Waals surface area (Å²) >= 11 is 0. The molecule has 0 saturated heterocycles. The van der Waals surface area contributed by atoms with Crippen molar-refractivity contribution in [2.75, 3.05) is 12.8 Å². The minimum absolute atomic E-state index is 0.0353. The molecule has 1 heterocycles. The van der Waals surface area contributed by atoms with E-state index in [0.29, 0.717) is 25.8 Å². The Morgan fingerprint density at radius 3 is 2.25 bits per heavy atom. The van der Waals surface area contributed by atoms with Gasteiger partial charge >= 0.3 is 0 Å². The minimum Gasteiger partial charge on any atom is -0.399 e. The van der Waals surface area contributed by atoms with Gasteiger partial charge in [-0.1, -0.05) is 26.2 Å². The van der Waals surface area contributed by atoms with Crippen LogP contribution < -0.4 is 5.73 Å². The number of sulfonamides is 1. The Labute approximate surface area is 121 Å². The van der Waals surface area contributed by atoms with Crippen molar-refractivity contribution >= 4 is 19.9 Å². The van der Waals surface area contributed by atoms with Crippen molar-refractivity contribution in [3.63, 3.8) is 0 Å². The first-order valence-electron chi connectivity index (χ1n) is 6.91. The second-order valence-corrected chi connectivity index (χ2v) is 9.65. The van der Waals surface area contributed by atoms with Crippen LogP contribution in [0.5, 0.6) is 0 Å². The Hall–Kier alpha value is -0.600. The number of nitrogens with zero attached hydrogens (tertiary/aromatic N) is 1. The van der Waals surface area contributed by atoms with Gasteiger partial charge in [0.2, 0.25) is 0 Å². The molecule has 0 unspecified atom stereocenters. The summed E-state index contributed by atoms with van der Waals surface area (Å²) in [5.74, 6) is 0. The van der Waals surface area contributed by atoms with Crippen molar-refractivity contribution in [2.45, 2.75) is 51.0 Å². The van der Waals surface area contributed by atoms with E-state index in [1.165, 1.54) is 4.31 Å². The van der Waals surface area contributed by atoms with Gasteiger partial charge in [-0.05, 0) is 19.3 Å². The fourth-order valence-corrected chi connectivity index (χ4v) is 7.60. The van der Waals surface area contributed by atoms with Crippen molar-refractivity contribution in [1.29, 1.82) is 0 Å². The highest BCUT2D eigenvalue weighted by Gasteiger charge is 2.57. The fraction of sp³-hybridized carbons (Fsp3) is 0.833. The Bertz CT molecular complexity index is 628. The quantitative estimate of drug-likeness (QED) is 0.833. The Morgan fingerprint density at radius 1 is 1.25 bits per heavy atom. The molecule has 1 saturated carbocycles. The maximum Gasteiger partial charge on any atom is 0.256 e. The second-order valence-electron chi connectivity index (χ2n) is 5.64. The van der Waals surface area contributed by atoms with Crippen LogP contribution in [0.2, 0.25) is 0 Å². The number of sulfone groups is 1. The topological polar surface area (TPSA) is 97.5 Å². The Balaban J connectivity index is 2.68. The summed E-state index contributed by atoms with van der Waals surface area (Å²) in [6.07, 6.45) is 5.53. The first-order chi connectivity index (χ1) is 9.18. The van der Waals surface area contributed by atoms with Gasteiger partial charge in [0.1, 0.15) is 0 Å². The average Bonchev–Trinajstić information content (AvgIpc) is 2.48. The van der Waals surface area contributed by atoms with Crippen LogP contribution in [0.25, 0.3) is 0 Å². The lowest BCUT2D eigenvalue weighted by Crippen LogP contribution is -2.51. The summed E-state index contributed by atoms with van der Waals surface area (Å²) in [7, 11) is -7.87. The zero-order chi connectivity index (χ0) is 15.2. The molecule has 0 aromatic carbocycles. The predicted molar refractivity (Wildman–Crippen MR) is 77.8 cm³/mol. The normalized spacial score (nSPS) is 26.3. The summed E-state index contributed by atoms with van der Waals surface area (Å²) < 4.78 is 49.8. The molecule has 8 heteroatoms. The highest BCUT2D eigenvalue weighted by molar-refractivity contribution is 8.13. The van der Waals surface area contributed by atoms with Crippen molar-refractivity contribution < 1.29 is 16.8 Å². The monoisotopic (exact) mass is 322 g/mol. The van der Waals surface area contributed by atoms with E-state index in [2.05, 4.69) is 0 Å². The van der Waals surface area contributed by atoms with Crippen LogP contribution in [-0.4, -0.2) is 39.5 Å². The van der Waals surface area contributed by atoms with E-state index in [4.69, 9.17) is 5.73 Å². The highest BCUT2D eigenvalue weighted by atomic mass is 32.3. The summed E-state index contributed by atoms with van der Waals surface area (Å²) in [5, 5.41) is 0. The third kappa shape index (κ3) is 2.17. The molecule has 2 rings (SSSR count). The average molecular weight is 322 g/mol. The number of rotatable bonds is 3. The van der Waals surface area contributed by atoms with Gasteiger partial charge in [0.15, 0.2) is 14.1 Å². The van der Waals surface area contributed by atoms with Crippen molar-refractivity contribution in [3.05, 3.63) is 9.93 Å². The molecule has 1 spiro atoms. The molecular formula is C12H22N2O4S2. The fourth-order valence-electron chi connectivity index (χ4n) is 3.38. The van der Waals surface area contributed by atoms with Gasteiger partial charge in [0, 0.05) is 12.8 Å². The molecule has 1 aliphatic carbocycles. The van der Waals surface area contributed by atoms with Crippen LogP contribution in [0.4, 0.5) is 0 Å². The SMILES string of the molecule is CCCN1C2(CCCCC2)C(N)=C(S(C)(=O)=O)S1(=O)=O. The van der Waals surface area contributed by atoms with Gasteiger partial charge in [0.25, 0.3) is 10.0 Å². The molecule has 0 aromatic heterocycles. The van der Waals surface area contributed by atoms with Gasteiger partial charge < -0.3 is 5.73 Å². The summed E-state index contributed by atoms with van der Waals surface area (Å²) in [6.45, 7) is 2.18. The standard InChI is InChI=1S/C12H22N2O4S2/c1-3-9-14-12(7-5-4-6-8-12)10(13)11(19(2,15)16)20(14,17)18/h3-9,13H2,1-2H3. The lowest BCUT2D eigenvalue weighted by molar-refractivity contribution is 0.173. The van der Waals surface area contributed by atoms with E-state index in [9.17, 15) is 16.8 Å². The van der Waals surface area contributed by atoms with E-state index < -0.39 is 29.6 Å². The van der Waals surface area contributed by atoms with Gasteiger partial charge in [0.05, 0.1) is 11.2 Å². The molecule has 2 N–H and O–H groups in total. The van der Waals surface area contributed by atoms with Crippen LogP contribution in [0.15, 0.2) is 9.93 Å². The van der Waals surface area contributed by atoms with Gasteiger partial charge in [-0.2, -0.15) is 4.31 Å². The van der Waals surface area contributed by atoms with Crippen LogP contribution in [0.3, 0.4) is 0 Å². The lowest BCUT2D eigenvalue weighted by Gasteiger charge is -2.40. The molecule has 0 radical (unpaired) electrons. The molecule has 2 aliphatic rings. The minimum atomic E-state index is -4.00. The molecule has 0 aromatic rings. The molecule has 0 bridgehead atoms. The molecule has 0 atom stereocenters. The summed E-state index contributed by atoms with van der Waals surface area (Å²) in [4.78, 5) is 0. The predicted octanol–water partition coefficient (Wildman–Crippen LogP) is 0.917. The highest BCUT2D eigenvalue weighted by Crippen LogP contribution is 2.48. The first kappa shape index (κ1) is 15.8. The van der Waals surface area contributed by atoms with Gasteiger partial charge in [-0.3, -0.25) is 0 Å². The Morgan fingerprint density at radius 2 is 1.80 bits per heavy atom. The molecule has 20 heavy (non-hydrogen) atoms. The van der Waals surface area contributed by atoms with E-state index in [1.807, 2.05) is 6.92 Å². The third-order valence-corrected chi connectivity index (χ3v) is 8.40. The number of nitrogens with two attached hydrogens (primary N) is 1. The lowest BCUT2D eigenvalue weighted by atomic mass is 9.79. The maximum atomic E-state index is 12.6. The zero-order valence-electron chi connectivity index (χ0n) is 11.9. The molecule has 1 aliphatic heterocycles. The summed E-state index contributed by atoms with van der Waals surface area (Å²) in [6, 6.07) is 0. The van der Waals surface area contributed by atoms with E-state index in [0.717, 1.165) is 25.5 Å². The van der Waals surface area contributed by atoms with Gasteiger partial charge in [-0.15, -0.1) is 0 Å². The van der Waals surface area contributed by atoms with Crippen LogP contribution in [-0.2, 0) is 19.9 Å². The third-order valence-electron chi connectivity index (χ3n) is 4.17. The number of hydrogen-bond acceptors (Lipinski definition) is 5. The molecule has 6 nitrogen and oxygen atoms in total. The van der Waals surface area contributed by atoms with Crippen LogP contribution in [0, 0.1) is 0 Å². The second kappa shape index (κ2) is 4.99. The van der Waals surface area contributed by atoms with E-state index in [1.54, 1.807) is 0 Å². The van der Waals surface area contributed by atoms with Gasteiger partial charge in [-0.25, -0.2) is 16.8 Å². The number of hydrogen-bond donors (Lipinski definition) is 1. The van der Waals surface area contributed by atoms with Crippen molar-refractivity contribution in [2.24, 2.45) is 5.73 Å². The first-order valence-corrected chi connectivity index (χ1v) is 10.2. The molecular weight excluding hydrogens is 300 g/mol. The van der Waals surface area contributed by atoms with Crippen molar-refractivity contribution in [3.8, 4) is 0 Å². The van der Waals surface area contributed by atoms with Crippen LogP contribution >= 0.6 is 0 Å². The van der Waals surface area contributed by atoms with E-state index in [-0.39, 0.29) is 5.70 Å². The summed E-state index contributed by atoms with van der Waals surface area (Å²) in [5.41, 5.74) is 5.27. The molecule has 116 valence electrons. The molecule has 0 amide bonds. The smallest absolute Gasteiger partial charge is 0.256 e. The van der Waals surface area contributed by atoms with Crippen molar-refractivity contribution in [1.82, 2.24) is 4.31 Å². The maximum absolute atomic E-state index is 12.6. The molecule has 1 fully saturated rings. The Kier molecular flexibility index (Phi) is 3.94. The van der Waals surface area contributed by atoms with Crippen LogP contribution in [0.1, 0.15) is 45.4 Å².